The fraction of sp³-hybridized carbons (Fsp3) is 0.846. The van der Waals surface area contributed by atoms with Crippen LogP contribution in [0.2, 0.25) is 0 Å². The van der Waals surface area contributed by atoms with E-state index in [0.29, 0.717) is 11.5 Å². The van der Waals surface area contributed by atoms with Crippen molar-refractivity contribution in [2.24, 2.45) is 11.7 Å². The number of hydrogen-bond donors (Lipinski definition) is 2. The summed E-state index contributed by atoms with van der Waals surface area (Å²) in [5, 5.41) is 3.74. The van der Waals surface area contributed by atoms with Crippen LogP contribution in [0.25, 0.3) is 0 Å². The summed E-state index contributed by atoms with van der Waals surface area (Å²) in [6.07, 6.45) is 9.15. The molecule has 1 rings (SSSR count). The molecule has 2 heteroatoms. The van der Waals surface area contributed by atoms with E-state index in [2.05, 4.69) is 38.2 Å². The normalized spacial score (nSPS) is 26.1. The standard InChI is InChI=1S/C13H26N2/c1-4-13(5-2,6-3)15-10-11-7-8-12(14)9-11/h7-8,11-12,15H,4-6,9-10,14H2,1-3H3. The first-order valence-electron chi connectivity index (χ1n) is 6.34. The van der Waals surface area contributed by atoms with Gasteiger partial charge in [-0.15, -0.1) is 0 Å². The SMILES string of the molecule is CCC(CC)(CC)NCC1C=CC(N)C1. The maximum absolute atomic E-state index is 5.85. The van der Waals surface area contributed by atoms with E-state index in [-0.39, 0.29) is 6.04 Å². The molecule has 2 unspecified atom stereocenters. The van der Waals surface area contributed by atoms with Crippen molar-refractivity contribution in [3.8, 4) is 0 Å². The van der Waals surface area contributed by atoms with Gasteiger partial charge in [-0.25, -0.2) is 0 Å². The van der Waals surface area contributed by atoms with Crippen molar-refractivity contribution in [3.63, 3.8) is 0 Å². The average Bonchev–Trinajstić information content (AvgIpc) is 2.67. The van der Waals surface area contributed by atoms with Gasteiger partial charge in [-0.1, -0.05) is 32.9 Å². The summed E-state index contributed by atoms with van der Waals surface area (Å²) in [7, 11) is 0. The molecule has 0 saturated heterocycles. The molecule has 1 aliphatic rings. The van der Waals surface area contributed by atoms with Crippen LogP contribution in [0.1, 0.15) is 46.5 Å². The van der Waals surface area contributed by atoms with Crippen molar-refractivity contribution in [1.29, 1.82) is 0 Å². The summed E-state index contributed by atoms with van der Waals surface area (Å²) in [4.78, 5) is 0. The molecule has 0 aromatic rings. The van der Waals surface area contributed by atoms with Gasteiger partial charge in [0.15, 0.2) is 0 Å². The minimum absolute atomic E-state index is 0.288. The minimum Gasteiger partial charge on any atom is -0.324 e. The van der Waals surface area contributed by atoms with Crippen LogP contribution in [-0.2, 0) is 0 Å². The minimum atomic E-state index is 0.288. The Morgan fingerprint density at radius 2 is 1.80 bits per heavy atom. The van der Waals surface area contributed by atoms with E-state index < -0.39 is 0 Å². The molecule has 0 aromatic heterocycles. The van der Waals surface area contributed by atoms with E-state index >= 15 is 0 Å². The average molecular weight is 210 g/mol. The van der Waals surface area contributed by atoms with Crippen LogP contribution in [0, 0.1) is 5.92 Å². The van der Waals surface area contributed by atoms with E-state index in [9.17, 15) is 0 Å². The third-order valence-corrected chi connectivity index (χ3v) is 3.97. The molecule has 0 fully saturated rings. The van der Waals surface area contributed by atoms with E-state index in [1.54, 1.807) is 0 Å². The smallest absolute Gasteiger partial charge is 0.0229 e. The van der Waals surface area contributed by atoms with Gasteiger partial charge in [0.1, 0.15) is 0 Å². The fourth-order valence-corrected chi connectivity index (χ4v) is 2.43. The van der Waals surface area contributed by atoms with Gasteiger partial charge in [0.05, 0.1) is 0 Å². The first kappa shape index (κ1) is 12.7. The van der Waals surface area contributed by atoms with Gasteiger partial charge in [0.2, 0.25) is 0 Å². The highest BCUT2D eigenvalue weighted by molar-refractivity contribution is 5.05. The molecule has 15 heavy (non-hydrogen) atoms. The van der Waals surface area contributed by atoms with Crippen LogP contribution in [0.5, 0.6) is 0 Å². The summed E-state index contributed by atoms with van der Waals surface area (Å²) in [5.41, 5.74) is 6.20. The largest absolute Gasteiger partial charge is 0.324 e. The Hall–Kier alpha value is -0.340. The van der Waals surface area contributed by atoms with E-state index in [0.717, 1.165) is 13.0 Å². The predicted molar refractivity (Wildman–Crippen MR) is 66.8 cm³/mol. The molecule has 0 aliphatic heterocycles. The lowest BCUT2D eigenvalue weighted by Gasteiger charge is -2.33. The Balaban J connectivity index is 2.37. The quantitative estimate of drug-likeness (QED) is 0.661. The zero-order chi connectivity index (χ0) is 11.3. The maximum atomic E-state index is 5.85. The highest BCUT2D eigenvalue weighted by Gasteiger charge is 2.25. The number of nitrogens with one attached hydrogen (secondary N) is 1. The molecule has 0 saturated carbocycles. The fourth-order valence-electron chi connectivity index (χ4n) is 2.43. The van der Waals surface area contributed by atoms with Gasteiger partial charge in [0, 0.05) is 18.1 Å². The second-order valence-electron chi connectivity index (χ2n) is 4.77. The van der Waals surface area contributed by atoms with Crippen LogP contribution in [0.3, 0.4) is 0 Å². The zero-order valence-corrected chi connectivity index (χ0v) is 10.4. The molecule has 0 heterocycles. The van der Waals surface area contributed by atoms with Crippen molar-refractivity contribution in [2.75, 3.05) is 6.54 Å². The Morgan fingerprint density at radius 1 is 1.20 bits per heavy atom. The lowest BCUT2D eigenvalue weighted by molar-refractivity contribution is 0.277. The Labute approximate surface area is 94.3 Å². The van der Waals surface area contributed by atoms with Crippen LogP contribution >= 0.6 is 0 Å². The maximum Gasteiger partial charge on any atom is 0.0229 e. The molecule has 0 amide bonds. The lowest BCUT2D eigenvalue weighted by Crippen LogP contribution is -2.45. The summed E-state index contributed by atoms with van der Waals surface area (Å²) in [6.45, 7) is 7.91. The van der Waals surface area contributed by atoms with Crippen LogP contribution < -0.4 is 11.1 Å². The molecule has 1 aliphatic carbocycles. The molecule has 2 atom stereocenters. The van der Waals surface area contributed by atoms with Crippen molar-refractivity contribution in [1.82, 2.24) is 5.32 Å². The number of rotatable bonds is 6. The monoisotopic (exact) mass is 210 g/mol. The van der Waals surface area contributed by atoms with Gasteiger partial charge >= 0.3 is 0 Å². The van der Waals surface area contributed by atoms with Gasteiger partial charge < -0.3 is 11.1 Å². The van der Waals surface area contributed by atoms with Crippen molar-refractivity contribution < 1.29 is 0 Å². The molecular formula is C13H26N2. The Bertz CT molecular complexity index is 198. The molecule has 0 bridgehead atoms. The number of hydrogen-bond acceptors (Lipinski definition) is 2. The van der Waals surface area contributed by atoms with Crippen LogP contribution in [0.15, 0.2) is 12.2 Å². The van der Waals surface area contributed by atoms with Crippen molar-refractivity contribution in [2.45, 2.75) is 58.0 Å². The van der Waals surface area contributed by atoms with Gasteiger partial charge in [0.25, 0.3) is 0 Å². The summed E-state index contributed by atoms with van der Waals surface area (Å²) in [6, 6.07) is 0.288. The zero-order valence-electron chi connectivity index (χ0n) is 10.4. The second-order valence-corrected chi connectivity index (χ2v) is 4.77. The van der Waals surface area contributed by atoms with Crippen LogP contribution in [0.4, 0.5) is 0 Å². The third kappa shape index (κ3) is 3.32. The molecule has 0 spiro atoms. The van der Waals surface area contributed by atoms with Gasteiger partial charge in [-0.3, -0.25) is 0 Å². The molecular weight excluding hydrogens is 184 g/mol. The van der Waals surface area contributed by atoms with E-state index in [4.69, 9.17) is 5.73 Å². The molecule has 2 nitrogen and oxygen atoms in total. The summed E-state index contributed by atoms with van der Waals surface area (Å²) < 4.78 is 0. The topological polar surface area (TPSA) is 38.0 Å². The highest BCUT2D eigenvalue weighted by Crippen LogP contribution is 2.22. The molecule has 3 N–H and O–H groups in total. The van der Waals surface area contributed by atoms with Crippen molar-refractivity contribution >= 4 is 0 Å². The highest BCUT2D eigenvalue weighted by atomic mass is 15.0. The molecule has 0 aromatic carbocycles. The Morgan fingerprint density at radius 3 is 2.20 bits per heavy atom. The van der Waals surface area contributed by atoms with Crippen LogP contribution in [-0.4, -0.2) is 18.1 Å². The summed E-state index contributed by atoms with van der Waals surface area (Å²) >= 11 is 0. The third-order valence-electron chi connectivity index (χ3n) is 3.97. The summed E-state index contributed by atoms with van der Waals surface area (Å²) in [5.74, 6) is 0.643. The number of nitrogens with two attached hydrogens (primary N) is 1. The van der Waals surface area contributed by atoms with Gasteiger partial charge in [-0.05, 0) is 31.6 Å². The first-order valence-corrected chi connectivity index (χ1v) is 6.34. The lowest BCUT2D eigenvalue weighted by atomic mass is 9.89. The van der Waals surface area contributed by atoms with Gasteiger partial charge in [-0.2, -0.15) is 0 Å². The molecule has 0 radical (unpaired) electrons. The predicted octanol–water partition coefficient (Wildman–Crippen LogP) is 2.45. The van der Waals surface area contributed by atoms with Crippen molar-refractivity contribution in [3.05, 3.63) is 12.2 Å². The van der Waals surface area contributed by atoms with E-state index in [1.807, 2.05) is 0 Å². The van der Waals surface area contributed by atoms with E-state index in [1.165, 1.54) is 19.3 Å². The second kappa shape index (κ2) is 5.66. The molecule has 88 valence electrons. The Kier molecular flexibility index (Phi) is 4.81. The first-order chi connectivity index (χ1) is 7.15.